The first-order valence-electron chi connectivity index (χ1n) is 6.92. The van der Waals surface area contributed by atoms with Gasteiger partial charge in [0.05, 0.1) is 22.6 Å². The van der Waals surface area contributed by atoms with Gasteiger partial charge >= 0.3 is 0 Å². The molecule has 0 radical (unpaired) electrons. The Morgan fingerprint density at radius 3 is 1.22 bits per heavy atom. The Morgan fingerprint density at radius 2 is 1.00 bits per heavy atom. The molecular formula is C16H24P2. The zero-order valence-corrected chi connectivity index (χ0v) is 13.7. The van der Waals surface area contributed by atoms with Crippen LogP contribution in [0.1, 0.15) is 27.7 Å². The van der Waals surface area contributed by atoms with E-state index < -0.39 is 14.5 Å². The largest absolute Gasteiger partial charge is 0.174 e. The Kier molecular flexibility index (Phi) is 2.76. The maximum Gasteiger partial charge on any atom is 0.104 e. The van der Waals surface area contributed by atoms with Gasteiger partial charge in [-0.3, -0.25) is 0 Å². The van der Waals surface area contributed by atoms with E-state index >= 15 is 0 Å². The third-order valence-electron chi connectivity index (χ3n) is 5.90. The van der Waals surface area contributed by atoms with Gasteiger partial charge < -0.3 is 0 Å². The third kappa shape index (κ3) is 1.40. The van der Waals surface area contributed by atoms with Gasteiger partial charge in [-0.05, 0) is 39.8 Å². The molecule has 2 aliphatic heterocycles. The molecule has 98 valence electrons. The lowest BCUT2D eigenvalue weighted by Gasteiger charge is -2.20. The van der Waals surface area contributed by atoms with E-state index in [-0.39, 0.29) is 0 Å². The minimum Gasteiger partial charge on any atom is -0.174 e. The predicted octanol–water partition coefficient (Wildman–Crippen LogP) is 4.14. The molecule has 6 atom stereocenters. The van der Waals surface area contributed by atoms with Gasteiger partial charge in [-0.25, -0.2) is 0 Å². The monoisotopic (exact) mass is 278 g/mol. The van der Waals surface area contributed by atoms with Gasteiger partial charge in [0.2, 0.25) is 0 Å². The number of benzene rings is 1. The summed E-state index contributed by atoms with van der Waals surface area (Å²) in [7, 11) is -2.22. The van der Waals surface area contributed by atoms with Gasteiger partial charge in [0, 0.05) is 0 Å². The average molecular weight is 278 g/mol. The fourth-order valence-electron chi connectivity index (χ4n) is 3.57. The topological polar surface area (TPSA) is 0 Å². The summed E-state index contributed by atoms with van der Waals surface area (Å²) in [5.74, 6) is 0. The van der Waals surface area contributed by atoms with Crippen LogP contribution in [0.5, 0.6) is 0 Å². The molecule has 2 unspecified atom stereocenters. The Labute approximate surface area is 113 Å². The highest BCUT2D eigenvalue weighted by Crippen LogP contribution is 2.86. The molecule has 0 spiro atoms. The summed E-state index contributed by atoms with van der Waals surface area (Å²) in [6.45, 7) is 18.9. The molecule has 2 fully saturated rings. The molecule has 2 heterocycles. The van der Waals surface area contributed by atoms with Gasteiger partial charge in [-0.2, -0.15) is 13.3 Å². The first-order valence-corrected chi connectivity index (χ1v) is 11.1. The summed E-state index contributed by atoms with van der Waals surface area (Å²) in [5, 5.41) is 3.23. The van der Waals surface area contributed by atoms with Crippen molar-refractivity contribution in [2.45, 2.75) is 50.3 Å². The zero-order valence-electron chi connectivity index (χ0n) is 11.9. The summed E-state index contributed by atoms with van der Waals surface area (Å²) in [6, 6.07) is 9.13. The molecule has 0 aromatic heterocycles. The lowest BCUT2D eigenvalue weighted by molar-refractivity contribution is 1.05. The van der Waals surface area contributed by atoms with Crippen molar-refractivity contribution in [3.8, 4) is 0 Å². The SMILES string of the molecule is [CH2-][P+]1(c2ccccc2[P+]2([CH2-])[C@H](C)[C@@H]2C)[C@H](C)[C@@H]1C. The van der Waals surface area contributed by atoms with Crippen LogP contribution in [0.3, 0.4) is 0 Å². The lowest BCUT2D eigenvalue weighted by atomic mass is 10.4. The number of rotatable bonds is 2. The number of hydrogen-bond acceptors (Lipinski definition) is 0. The van der Waals surface area contributed by atoms with Crippen molar-refractivity contribution < 1.29 is 0 Å². The minimum atomic E-state index is -1.11. The summed E-state index contributed by atoms with van der Waals surface area (Å²) in [4.78, 5) is 0. The maximum absolute atomic E-state index is 4.67. The van der Waals surface area contributed by atoms with Crippen LogP contribution in [0.15, 0.2) is 24.3 Å². The quantitative estimate of drug-likeness (QED) is 0.563. The molecular weight excluding hydrogens is 254 g/mol. The van der Waals surface area contributed by atoms with Crippen LogP contribution in [-0.4, -0.2) is 22.6 Å². The number of hydrogen-bond donors (Lipinski definition) is 0. The van der Waals surface area contributed by atoms with Crippen LogP contribution in [0.2, 0.25) is 0 Å². The van der Waals surface area contributed by atoms with Gasteiger partial charge in [-0.1, -0.05) is 26.7 Å². The molecule has 18 heavy (non-hydrogen) atoms. The van der Waals surface area contributed by atoms with Crippen LogP contribution in [0, 0.1) is 13.3 Å². The van der Waals surface area contributed by atoms with E-state index in [1.807, 2.05) is 0 Å². The van der Waals surface area contributed by atoms with Crippen LogP contribution < -0.4 is 10.6 Å². The first kappa shape index (κ1) is 13.1. The molecule has 0 amide bonds. The second-order valence-electron chi connectivity index (χ2n) is 6.31. The fourth-order valence-corrected chi connectivity index (χ4v) is 12.2. The second kappa shape index (κ2) is 3.80. The van der Waals surface area contributed by atoms with Crippen molar-refractivity contribution in [1.82, 2.24) is 0 Å². The van der Waals surface area contributed by atoms with E-state index in [0.717, 1.165) is 22.6 Å². The average Bonchev–Trinajstić information content (AvgIpc) is 3.08. The molecule has 2 heteroatoms. The zero-order chi connectivity index (χ0) is 13.3. The molecule has 0 aliphatic carbocycles. The third-order valence-corrected chi connectivity index (χ3v) is 15.6. The van der Waals surface area contributed by atoms with E-state index in [1.165, 1.54) is 0 Å². The first-order chi connectivity index (χ1) is 8.36. The van der Waals surface area contributed by atoms with Crippen molar-refractivity contribution in [2.75, 3.05) is 0 Å². The van der Waals surface area contributed by atoms with Crippen molar-refractivity contribution in [2.24, 2.45) is 0 Å². The molecule has 0 saturated carbocycles. The van der Waals surface area contributed by atoms with Crippen molar-refractivity contribution in [3.63, 3.8) is 0 Å². The Bertz CT molecular complexity index is 433. The predicted molar refractivity (Wildman–Crippen MR) is 88.1 cm³/mol. The van der Waals surface area contributed by atoms with Crippen molar-refractivity contribution >= 4 is 25.1 Å². The molecule has 1 aromatic carbocycles. The highest BCUT2D eigenvalue weighted by atomic mass is 31.2. The summed E-state index contributed by atoms with van der Waals surface area (Å²) in [5.41, 5.74) is 3.26. The van der Waals surface area contributed by atoms with E-state index in [4.69, 9.17) is 0 Å². The highest BCUT2D eigenvalue weighted by molar-refractivity contribution is 7.97. The van der Waals surface area contributed by atoms with Gasteiger partial charge in [0.15, 0.2) is 0 Å². The van der Waals surface area contributed by atoms with Crippen molar-refractivity contribution in [3.05, 3.63) is 37.6 Å². The molecule has 1 aromatic rings. The normalized spacial score (nSPS) is 50.1. The fraction of sp³-hybridized carbons (Fsp3) is 0.500. The van der Waals surface area contributed by atoms with Crippen LogP contribution in [0.4, 0.5) is 0 Å². The summed E-state index contributed by atoms with van der Waals surface area (Å²) in [6.07, 6.45) is 0. The minimum absolute atomic E-state index is 0.816. The van der Waals surface area contributed by atoms with E-state index in [1.54, 1.807) is 10.6 Å². The molecule has 2 saturated heterocycles. The molecule has 0 nitrogen and oxygen atoms in total. The smallest absolute Gasteiger partial charge is 0.104 e. The van der Waals surface area contributed by atoms with Crippen molar-refractivity contribution in [1.29, 1.82) is 0 Å². The van der Waals surface area contributed by atoms with E-state index in [2.05, 4.69) is 65.3 Å². The van der Waals surface area contributed by atoms with E-state index in [9.17, 15) is 0 Å². The summed E-state index contributed by atoms with van der Waals surface area (Å²) < 4.78 is 0. The van der Waals surface area contributed by atoms with Gasteiger partial charge in [-0.15, -0.1) is 0 Å². The van der Waals surface area contributed by atoms with Gasteiger partial charge in [0.25, 0.3) is 0 Å². The van der Waals surface area contributed by atoms with Crippen LogP contribution in [-0.2, 0) is 0 Å². The Hall–Kier alpha value is 0.0800. The second-order valence-corrected chi connectivity index (χ2v) is 14.3. The van der Waals surface area contributed by atoms with Crippen LogP contribution in [0.25, 0.3) is 0 Å². The molecule has 0 bridgehead atoms. The molecule has 3 rings (SSSR count). The molecule has 0 N–H and O–H groups in total. The van der Waals surface area contributed by atoms with Gasteiger partial charge in [0.1, 0.15) is 10.6 Å². The highest BCUT2D eigenvalue weighted by Gasteiger charge is 2.66. The maximum atomic E-state index is 4.67. The standard InChI is InChI=1S/C16H24P2/c1-11-12(2)17(11,5)15-9-7-8-10-16(15)18(6)13(3)14(18)4/h7-14H,5-6H2,1-4H3/t11-,12+,13-,14+,17?,18?. The van der Waals surface area contributed by atoms with E-state index in [0.29, 0.717) is 0 Å². The molecule has 2 aliphatic rings. The Morgan fingerprint density at radius 1 is 0.722 bits per heavy atom. The van der Waals surface area contributed by atoms with Crippen LogP contribution >= 0.6 is 14.5 Å². The lowest BCUT2D eigenvalue weighted by Crippen LogP contribution is -2.23. The Balaban J connectivity index is 2.09. The summed E-state index contributed by atoms with van der Waals surface area (Å²) >= 11 is 0.